The largest absolute Gasteiger partial charge is 0.355 e. The number of nitrogens with one attached hydrogen (secondary N) is 3. The van der Waals surface area contributed by atoms with E-state index in [2.05, 4.69) is 30.1 Å². The summed E-state index contributed by atoms with van der Waals surface area (Å²) in [4.78, 5) is 19.3. The van der Waals surface area contributed by atoms with Crippen molar-refractivity contribution in [2.24, 2.45) is 0 Å². The molecule has 4 rings (SSSR count). The topological polar surface area (TPSA) is 103 Å². The van der Waals surface area contributed by atoms with Gasteiger partial charge in [-0.2, -0.15) is 5.10 Å². The Kier molecular flexibility index (Phi) is 6.38. The van der Waals surface area contributed by atoms with Gasteiger partial charge in [0.1, 0.15) is 11.0 Å². The van der Waals surface area contributed by atoms with Crippen LogP contribution < -0.4 is 14.9 Å². The molecule has 0 spiro atoms. The highest BCUT2D eigenvalue weighted by molar-refractivity contribution is 7.86. The number of carbonyl (C=O) groups is 1. The average molecular weight is 465 g/mol. The molecule has 2 aromatic heterocycles. The summed E-state index contributed by atoms with van der Waals surface area (Å²) in [5, 5.41) is 10.6. The van der Waals surface area contributed by atoms with Crippen molar-refractivity contribution in [1.29, 1.82) is 0 Å². The fourth-order valence-electron chi connectivity index (χ4n) is 3.52. The minimum absolute atomic E-state index is 0.0407. The van der Waals surface area contributed by atoms with E-state index in [-0.39, 0.29) is 16.3 Å². The van der Waals surface area contributed by atoms with Gasteiger partial charge in [-0.1, -0.05) is 18.5 Å². The lowest BCUT2D eigenvalue weighted by Gasteiger charge is -2.14. The number of carbonyl (C=O) groups excluding carboxylic acids is 1. The molecule has 3 heterocycles. The number of hydrogen-bond acceptors (Lipinski definition) is 5. The highest BCUT2D eigenvalue weighted by Gasteiger charge is 2.22. The zero-order chi connectivity index (χ0) is 22.0. The van der Waals surface area contributed by atoms with Crippen LogP contribution in [0.3, 0.4) is 0 Å². The van der Waals surface area contributed by atoms with Crippen molar-refractivity contribution < 1.29 is 13.4 Å². The lowest BCUT2D eigenvalue weighted by molar-refractivity contribution is 0.102. The van der Waals surface area contributed by atoms with E-state index >= 15 is 0 Å². The molecule has 8 nitrogen and oxygen atoms in total. The molecule has 1 amide bonds. The van der Waals surface area contributed by atoms with Gasteiger partial charge in [0.05, 0.1) is 33.5 Å². The van der Waals surface area contributed by atoms with Crippen LogP contribution in [0.25, 0.3) is 11.0 Å². The summed E-state index contributed by atoms with van der Waals surface area (Å²) < 4.78 is 29.5. The van der Waals surface area contributed by atoms with Crippen molar-refractivity contribution in [3.8, 4) is 0 Å². The Hall–Kier alpha value is -2.72. The molecule has 11 heteroatoms. The predicted octanol–water partition coefficient (Wildman–Crippen LogP) is 4.09. The van der Waals surface area contributed by atoms with Gasteiger partial charge in [0.15, 0.2) is 17.3 Å². The third-order valence-corrected chi connectivity index (χ3v) is 6.53. The number of pyridine rings is 1. The van der Waals surface area contributed by atoms with Gasteiger partial charge in [-0.15, -0.1) is 0 Å². The van der Waals surface area contributed by atoms with Crippen LogP contribution in [0, 0.1) is 5.82 Å². The summed E-state index contributed by atoms with van der Waals surface area (Å²) >= 11 is 6.11. The molecule has 1 fully saturated rings. The molecule has 1 aliphatic heterocycles. The molecule has 1 saturated heterocycles. The number of benzene rings is 1. The standard InChI is InChI=1S/C20H22ClFN6O2S/c1-2-9-31(30)27-15-6-5-14(21)16(17(15)22)20(29)24-12-10-13-18(23-11-12)25-26-19(13)28-7-3-4-8-28/h5-6,10-11,27H,2-4,7-9H2,1H3,(H,24,29)(H,23,25,26). The number of anilines is 3. The number of nitrogens with zero attached hydrogens (tertiary/aromatic N) is 3. The Morgan fingerprint density at radius 3 is 2.87 bits per heavy atom. The molecule has 164 valence electrons. The van der Waals surface area contributed by atoms with Crippen molar-refractivity contribution in [2.75, 3.05) is 33.8 Å². The van der Waals surface area contributed by atoms with Gasteiger partial charge in [-0.25, -0.2) is 13.6 Å². The quantitative estimate of drug-likeness (QED) is 0.488. The highest BCUT2D eigenvalue weighted by Crippen LogP contribution is 2.30. The minimum atomic E-state index is -1.45. The molecule has 3 N–H and O–H groups in total. The Bertz CT molecular complexity index is 1150. The van der Waals surface area contributed by atoms with Crippen LogP contribution in [-0.2, 0) is 11.0 Å². The fraction of sp³-hybridized carbons (Fsp3) is 0.350. The molecule has 1 aliphatic rings. The molecule has 31 heavy (non-hydrogen) atoms. The van der Waals surface area contributed by atoms with Gasteiger partial charge in [0, 0.05) is 18.8 Å². The van der Waals surface area contributed by atoms with Crippen molar-refractivity contribution in [3.05, 3.63) is 40.8 Å². The summed E-state index contributed by atoms with van der Waals surface area (Å²) in [6.07, 6.45) is 4.34. The Labute approximate surface area is 186 Å². The molecule has 1 atom stereocenters. The number of amides is 1. The molecular weight excluding hydrogens is 443 g/mol. The predicted molar refractivity (Wildman–Crippen MR) is 122 cm³/mol. The maximum atomic E-state index is 15.0. The lowest BCUT2D eigenvalue weighted by atomic mass is 10.1. The van der Waals surface area contributed by atoms with E-state index < -0.39 is 22.7 Å². The first-order chi connectivity index (χ1) is 15.0. The molecule has 1 unspecified atom stereocenters. The highest BCUT2D eigenvalue weighted by atomic mass is 35.5. The van der Waals surface area contributed by atoms with Crippen molar-refractivity contribution in [1.82, 2.24) is 15.2 Å². The van der Waals surface area contributed by atoms with Crippen molar-refractivity contribution >= 4 is 56.7 Å². The Morgan fingerprint density at radius 2 is 2.13 bits per heavy atom. The second-order valence-corrected chi connectivity index (χ2v) is 8.96. The molecule has 0 saturated carbocycles. The van der Waals surface area contributed by atoms with E-state index in [1.165, 1.54) is 18.3 Å². The van der Waals surface area contributed by atoms with Crippen LogP contribution in [0.2, 0.25) is 5.02 Å². The molecule has 3 aromatic rings. The van der Waals surface area contributed by atoms with Crippen LogP contribution in [0.5, 0.6) is 0 Å². The normalized spacial score (nSPS) is 14.7. The average Bonchev–Trinajstić information content (AvgIpc) is 3.39. The van der Waals surface area contributed by atoms with E-state index in [9.17, 15) is 13.4 Å². The van der Waals surface area contributed by atoms with E-state index in [1.54, 1.807) is 6.07 Å². The van der Waals surface area contributed by atoms with Crippen LogP contribution in [0.1, 0.15) is 36.5 Å². The first-order valence-corrected chi connectivity index (χ1v) is 11.7. The Morgan fingerprint density at radius 1 is 1.35 bits per heavy atom. The summed E-state index contributed by atoms with van der Waals surface area (Å²) in [5.74, 6) is -0.437. The smallest absolute Gasteiger partial charge is 0.260 e. The van der Waals surface area contributed by atoms with Crippen molar-refractivity contribution in [2.45, 2.75) is 26.2 Å². The molecular formula is C20H22ClFN6O2S. The number of halogens is 2. The zero-order valence-corrected chi connectivity index (χ0v) is 18.4. The minimum Gasteiger partial charge on any atom is -0.355 e. The third-order valence-electron chi connectivity index (χ3n) is 4.99. The van der Waals surface area contributed by atoms with Crippen LogP contribution in [0.4, 0.5) is 21.6 Å². The van der Waals surface area contributed by atoms with E-state index in [0.717, 1.165) is 37.1 Å². The van der Waals surface area contributed by atoms with E-state index in [4.69, 9.17) is 11.6 Å². The summed E-state index contributed by atoms with van der Waals surface area (Å²) in [6, 6.07) is 4.51. The Balaban J connectivity index is 1.60. The zero-order valence-electron chi connectivity index (χ0n) is 16.9. The fourth-order valence-corrected chi connectivity index (χ4v) is 4.63. The van der Waals surface area contributed by atoms with Gasteiger partial charge >= 0.3 is 0 Å². The van der Waals surface area contributed by atoms with Gasteiger partial charge in [-0.05, 0) is 37.5 Å². The number of hydrogen-bond donors (Lipinski definition) is 3. The number of aromatic nitrogens is 3. The molecule has 0 aliphatic carbocycles. The molecule has 1 aromatic carbocycles. The summed E-state index contributed by atoms with van der Waals surface area (Å²) in [7, 11) is -1.45. The van der Waals surface area contributed by atoms with E-state index in [0.29, 0.717) is 23.5 Å². The monoisotopic (exact) mass is 464 g/mol. The molecule has 0 radical (unpaired) electrons. The SMILES string of the molecule is CCCS(=O)Nc1ccc(Cl)c(C(=O)Nc2cnc3[nH]nc(N4CCCC4)c3c2)c1F. The number of aromatic amines is 1. The maximum absolute atomic E-state index is 15.0. The molecule has 0 bridgehead atoms. The van der Waals surface area contributed by atoms with Gasteiger partial charge in [0.2, 0.25) is 0 Å². The number of H-pyrrole nitrogens is 1. The first kappa shape index (κ1) is 21.5. The van der Waals surface area contributed by atoms with Crippen molar-refractivity contribution in [3.63, 3.8) is 0 Å². The van der Waals surface area contributed by atoms with E-state index in [1.807, 2.05) is 6.92 Å². The lowest BCUT2D eigenvalue weighted by Crippen LogP contribution is -2.18. The van der Waals surface area contributed by atoms with Gasteiger partial charge in [-0.3, -0.25) is 9.89 Å². The number of fused-ring (bicyclic) bond motifs is 1. The second-order valence-electron chi connectivity index (χ2n) is 7.25. The number of rotatable bonds is 7. The third kappa shape index (κ3) is 4.49. The van der Waals surface area contributed by atoms with Gasteiger partial charge in [0.25, 0.3) is 5.91 Å². The van der Waals surface area contributed by atoms with Crippen LogP contribution in [0.15, 0.2) is 24.4 Å². The summed E-state index contributed by atoms with van der Waals surface area (Å²) in [5.41, 5.74) is 0.629. The first-order valence-electron chi connectivity index (χ1n) is 10.0. The maximum Gasteiger partial charge on any atom is 0.260 e. The summed E-state index contributed by atoms with van der Waals surface area (Å²) in [6.45, 7) is 3.70. The van der Waals surface area contributed by atoms with Crippen LogP contribution in [-0.4, -0.2) is 44.1 Å². The van der Waals surface area contributed by atoms with Gasteiger partial charge < -0.3 is 14.9 Å². The van der Waals surface area contributed by atoms with Crippen LogP contribution >= 0.6 is 11.6 Å². The second kappa shape index (κ2) is 9.19.